The van der Waals surface area contributed by atoms with Gasteiger partial charge in [-0.2, -0.15) is 0 Å². The highest BCUT2D eigenvalue weighted by atomic mass is 16.5. The normalized spacial score (nSPS) is 15.3. The molecule has 4 nitrogen and oxygen atoms in total. The van der Waals surface area contributed by atoms with Crippen molar-refractivity contribution in [3.63, 3.8) is 0 Å². The molecule has 0 aliphatic carbocycles. The molecule has 0 bridgehead atoms. The molecule has 66 valence electrons. The second-order valence-corrected chi connectivity index (χ2v) is 2.64. The van der Waals surface area contributed by atoms with E-state index in [0.717, 1.165) is 0 Å². The van der Waals surface area contributed by atoms with Crippen LogP contribution in [0.3, 0.4) is 0 Å². The molecule has 0 fully saturated rings. The molecule has 0 aromatic carbocycles. The van der Waals surface area contributed by atoms with Gasteiger partial charge in [0, 0.05) is 6.20 Å². The van der Waals surface area contributed by atoms with Crippen molar-refractivity contribution >= 4 is 11.7 Å². The Morgan fingerprint density at radius 2 is 2.15 bits per heavy atom. The third-order valence-electron chi connectivity index (χ3n) is 1.92. The third kappa shape index (κ3) is 0.989. The molecule has 1 aliphatic heterocycles. The number of fused-ring (bicyclic) bond motifs is 1. The van der Waals surface area contributed by atoms with Crippen molar-refractivity contribution in [1.29, 1.82) is 0 Å². The van der Waals surface area contributed by atoms with Crippen molar-refractivity contribution in [3.05, 3.63) is 35.9 Å². The maximum atomic E-state index is 11.5. The van der Waals surface area contributed by atoms with Gasteiger partial charge < -0.3 is 4.74 Å². The van der Waals surface area contributed by atoms with E-state index in [9.17, 15) is 9.59 Å². The van der Waals surface area contributed by atoms with Crippen molar-refractivity contribution in [1.82, 2.24) is 4.57 Å². The van der Waals surface area contributed by atoms with Gasteiger partial charge in [-0.3, -0.25) is 14.2 Å². The van der Waals surface area contributed by atoms with E-state index in [2.05, 4.69) is 0 Å². The van der Waals surface area contributed by atoms with Gasteiger partial charge in [-0.1, -0.05) is 0 Å². The SMILES string of the molecule is COC1=CC(=O)n2cccc2C1=O. The van der Waals surface area contributed by atoms with Crippen LogP contribution in [0.4, 0.5) is 0 Å². The zero-order chi connectivity index (χ0) is 9.42. The highest BCUT2D eigenvalue weighted by Gasteiger charge is 2.24. The first kappa shape index (κ1) is 7.79. The first-order valence-electron chi connectivity index (χ1n) is 3.76. The molecular weight excluding hydrogens is 170 g/mol. The number of carbonyl (C=O) groups excluding carboxylic acids is 2. The lowest BCUT2D eigenvalue weighted by atomic mass is 10.2. The van der Waals surface area contributed by atoms with E-state index in [1.54, 1.807) is 18.3 Å². The molecule has 0 saturated carbocycles. The zero-order valence-electron chi connectivity index (χ0n) is 6.98. The molecule has 0 unspecified atom stereocenters. The summed E-state index contributed by atoms with van der Waals surface area (Å²) in [5.41, 5.74) is 0.351. The van der Waals surface area contributed by atoms with Crippen molar-refractivity contribution in [2.45, 2.75) is 0 Å². The second kappa shape index (κ2) is 2.58. The van der Waals surface area contributed by atoms with Gasteiger partial charge in [0.2, 0.25) is 5.78 Å². The number of carbonyl (C=O) groups is 2. The lowest BCUT2D eigenvalue weighted by molar-refractivity contribution is 0.0866. The first-order chi connectivity index (χ1) is 6.24. The smallest absolute Gasteiger partial charge is 0.259 e. The van der Waals surface area contributed by atoms with E-state index in [4.69, 9.17) is 4.74 Å². The number of ketones is 1. The Hall–Kier alpha value is -1.84. The summed E-state index contributed by atoms with van der Waals surface area (Å²) in [5, 5.41) is 0. The van der Waals surface area contributed by atoms with Gasteiger partial charge in [0.25, 0.3) is 5.91 Å². The van der Waals surface area contributed by atoms with Gasteiger partial charge in [-0.05, 0) is 12.1 Å². The van der Waals surface area contributed by atoms with Crippen molar-refractivity contribution < 1.29 is 14.3 Å². The summed E-state index contributed by atoms with van der Waals surface area (Å²) >= 11 is 0. The predicted molar refractivity (Wildman–Crippen MR) is 44.5 cm³/mol. The molecule has 0 amide bonds. The molecule has 2 heterocycles. The third-order valence-corrected chi connectivity index (χ3v) is 1.92. The fourth-order valence-corrected chi connectivity index (χ4v) is 1.28. The molecule has 0 N–H and O–H groups in total. The number of methoxy groups -OCH3 is 1. The van der Waals surface area contributed by atoms with Gasteiger partial charge in [0.15, 0.2) is 5.76 Å². The number of ether oxygens (including phenoxy) is 1. The van der Waals surface area contributed by atoms with Gasteiger partial charge >= 0.3 is 0 Å². The fraction of sp³-hybridized carbons (Fsp3) is 0.111. The number of nitrogens with zero attached hydrogens (tertiary/aromatic N) is 1. The van der Waals surface area contributed by atoms with Crippen LogP contribution in [-0.4, -0.2) is 23.4 Å². The molecule has 1 aromatic rings. The number of rotatable bonds is 1. The average Bonchev–Trinajstić information content (AvgIpc) is 2.60. The topological polar surface area (TPSA) is 48.3 Å². The zero-order valence-corrected chi connectivity index (χ0v) is 6.98. The Bertz CT molecular complexity index is 414. The molecule has 13 heavy (non-hydrogen) atoms. The molecule has 0 atom stereocenters. The fourth-order valence-electron chi connectivity index (χ4n) is 1.28. The molecule has 0 spiro atoms. The van der Waals surface area contributed by atoms with Crippen LogP contribution >= 0.6 is 0 Å². The molecule has 1 aliphatic rings. The molecule has 4 heteroatoms. The van der Waals surface area contributed by atoms with E-state index < -0.39 is 0 Å². The van der Waals surface area contributed by atoms with Crippen LogP contribution in [0, 0.1) is 0 Å². The molecule has 0 saturated heterocycles. The van der Waals surface area contributed by atoms with Gasteiger partial charge in [0.1, 0.15) is 0 Å². The van der Waals surface area contributed by atoms with Crippen LogP contribution in [0.2, 0.25) is 0 Å². The number of aromatic nitrogens is 1. The van der Waals surface area contributed by atoms with Gasteiger partial charge in [0.05, 0.1) is 18.9 Å². The Morgan fingerprint density at radius 3 is 2.85 bits per heavy atom. The molecular formula is C9H7NO3. The van der Waals surface area contributed by atoms with E-state index >= 15 is 0 Å². The van der Waals surface area contributed by atoms with Crippen molar-refractivity contribution in [3.8, 4) is 0 Å². The van der Waals surface area contributed by atoms with Crippen LogP contribution in [-0.2, 0) is 4.74 Å². The van der Waals surface area contributed by atoms with Crippen LogP contribution in [0.1, 0.15) is 15.3 Å². The Morgan fingerprint density at radius 1 is 1.38 bits per heavy atom. The maximum Gasteiger partial charge on any atom is 0.259 e. The van der Waals surface area contributed by atoms with E-state index in [1.165, 1.54) is 17.8 Å². The minimum absolute atomic E-state index is 0.0937. The molecule has 2 rings (SSSR count). The highest BCUT2D eigenvalue weighted by molar-refractivity contribution is 6.15. The molecule has 1 aromatic heterocycles. The van der Waals surface area contributed by atoms with Gasteiger partial charge in [-0.15, -0.1) is 0 Å². The van der Waals surface area contributed by atoms with Crippen molar-refractivity contribution in [2.24, 2.45) is 0 Å². The Kier molecular flexibility index (Phi) is 1.55. The lowest BCUT2D eigenvalue weighted by Crippen LogP contribution is -2.22. The lowest BCUT2D eigenvalue weighted by Gasteiger charge is -2.12. The number of hydrogen-bond donors (Lipinski definition) is 0. The van der Waals surface area contributed by atoms with Crippen LogP contribution in [0.5, 0.6) is 0 Å². The van der Waals surface area contributed by atoms with Crippen LogP contribution < -0.4 is 0 Å². The summed E-state index contributed by atoms with van der Waals surface area (Å²) < 4.78 is 6.07. The van der Waals surface area contributed by atoms with Gasteiger partial charge in [-0.25, -0.2) is 0 Å². The minimum atomic E-state index is -0.257. The maximum absolute atomic E-state index is 11.5. The average molecular weight is 177 g/mol. The summed E-state index contributed by atoms with van der Waals surface area (Å²) in [6, 6.07) is 3.24. The standard InChI is InChI=1S/C9H7NO3/c1-13-7-5-8(11)10-4-2-3-6(10)9(7)12/h2-5H,1H3. The summed E-state index contributed by atoms with van der Waals surface area (Å²) in [6.07, 6.45) is 2.74. The monoisotopic (exact) mass is 177 g/mol. The Labute approximate surface area is 74.4 Å². The number of allylic oxidation sites excluding steroid dienone is 2. The highest BCUT2D eigenvalue weighted by Crippen LogP contribution is 2.15. The summed E-state index contributed by atoms with van der Waals surface area (Å²) in [6.45, 7) is 0. The summed E-state index contributed by atoms with van der Waals surface area (Å²) in [5.74, 6) is -0.417. The number of Topliss-reactive ketones (excluding diaryl/α,β-unsaturated/α-hetero) is 1. The summed E-state index contributed by atoms with van der Waals surface area (Å²) in [7, 11) is 1.37. The quantitative estimate of drug-likeness (QED) is 0.639. The predicted octanol–water partition coefficient (Wildman–Crippen LogP) is 0.855. The van der Waals surface area contributed by atoms with E-state index in [-0.39, 0.29) is 17.4 Å². The molecule has 0 radical (unpaired) electrons. The second-order valence-electron chi connectivity index (χ2n) is 2.64. The first-order valence-corrected chi connectivity index (χ1v) is 3.76. The van der Waals surface area contributed by atoms with Crippen LogP contribution in [0.25, 0.3) is 0 Å². The Balaban J connectivity index is 2.58. The van der Waals surface area contributed by atoms with Crippen LogP contribution in [0.15, 0.2) is 30.2 Å². The van der Waals surface area contributed by atoms with Crippen molar-refractivity contribution in [2.75, 3.05) is 7.11 Å². The largest absolute Gasteiger partial charge is 0.492 e. The van der Waals surface area contributed by atoms with E-state index in [0.29, 0.717) is 5.69 Å². The van der Waals surface area contributed by atoms with E-state index in [1.807, 2.05) is 0 Å². The summed E-state index contributed by atoms with van der Waals surface area (Å²) in [4.78, 5) is 22.8. The number of hydrogen-bond acceptors (Lipinski definition) is 3. The minimum Gasteiger partial charge on any atom is -0.492 e.